The van der Waals surface area contributed by atoms with Crippen molar-refractivity contribution in [1.82, 2.24) is 0 Å². The van der Waals surface area contributed by atoms with Crippen molar-refractivity contribution >= 4 is 0 Å². The Kier molecular flexibility index (Phi) is 9.12. The second-order valence-electron chi connectivity index (χ2n) is 4.19. The Hall–Kier alpha value is -0.0800. The van der Waals surface area contributed by atoms with E-state index in [4.69, 9.17) is 9.47 Å². The van der Waals surface area contributed by atoms with Gasteiger partial charge in [0.15, 0.2) is 5.79 Å². The number of hydrogen-bond donors (Lipinski definition) is 0. The molecule has 0 saturated carbocycles. The zero-order valence-corrected chi connectivity index (χ0v) is 11.0. The van der Waals surface area contributed by atoms with Crippen LogP contribution in [0.5, 0.6) is 0 Å². The van der Waals surface area contributed by atoms with Gasteiger partial charge in [0, 0.05) is 20.6 Å². The van der Waals surface area contributed by atoms with E-state index in [2.05, 4.69) is 13.8 Å². The molecule has 0 aliphatic carbocycles. The van der Waals surface area contributed by atoms with Gasteiger partial charge in [0.25, 0.3) is 0 Å². The molecule has 0 atom stereocenters. The fraction of sp³-hybridized carbons (Fsp3) is 1.00. The lowest BCUT2D eigenvalue weighted by Crippen LogP contribution is -2.32. The van der Waals surface area contributed by atoms with Crippen LogP contribution in [0.15, 0.2) is 0 Å². The van der Waals surface area contributed by atoms with Crippen LogP contribution in [0.2, 0.25) is 0 Å². The number of ether oxygens (including phenoxy) is 2. The maximum absolute atomic E-state index is 5.44. The summed E-state index contributed by atoms with van der Waals surface area (Å²) in [6, 6.07) is 0. The lowest BCUT2D eigenvalue weighted by molar-refractivity contribution is -0.212. The Morgan fingerprint density at radius 1 is 0.800 bits per heavy atom. The molecule has 0 aromatic carbocycles. The molecule has 0 N–H and O–H groups in total. The number of hydrogen-bond acceptors (Lipinski definition) is 2. The minimum Gasteiger partial charge on any atom is -0.353 e. The highest BCUT2D eigenvalue weighted by Crippen LogP contribution is 2.23. The van der Waals surface area contributed by atoms with Gasteiger partial charge in [0.1, 0.15) is 0 Å². The molecular formula is C13H28O2. The van der Waals surface area contributed by atoms with Crippen LogP contribution < -0.4 is 0 Å². The summed E-state index contributed by atoms with van der Waals surface area (Å²) in [6.07, 6.45) is 9.85. The quantitative estimate of drug-likeness (QED) is 0.404. The lowest BCUT2D eigenvalue weighted by Gasteiger charge is -2.29. The topological polar surface area (TPSA) is 18.5 Å². The maximum Gasteiger partial charge on any atom is 0.167 e. The molecule has 0 fully saturated rings. The average Bonchev–Trinajstić information content (AvgIpc) is 2.29. The van der Waals surface area contributed by atoms with E-state index in [1.54, 1.807) is 14.2 Å². The third-order valence-electron chi connectivity index (χ3n) is 3.19. The monoisotopic (exact) mass is 216 g/mol. The summed E-state index contributed by atoms with van der Waals surface area (Å²) < 4.78 is 10.9. The van der Waals surface area contributed by atoms with E-state index in [1.165, 1.54) is 38.5 Å². The molecule has 0 aromatic heterocycles. The molecule has 0 aliphatic heterocycles. The van der Waals surface area contributed by atoms with Gasteiger partial charge < -0.3 is 9.47 Å². The van der Waals surface area contributed by atoms with Crippen molar-refractivity contribution in [2.24, 2.45) is 0 Å². The molecule has 2 heteroatoms. The molecule has 0 rings (SSSR count). The highest BCUT2D eigenvalue weighted by molar-refractivity contribution is 4.66. The Balaban J connectivity index is 3.54. The van der Waals surface area contributed by atoms with Gasteiger partial charge in [-0.15, -0.1) is 0 Å². The predicted octanol–water partition coefficient (Wildman–Crippen LogP) is 4.14. The lowest BCUT2D eigenvalue weighted by atomic mass is 10.0. The maximum atomic E-state index is 5.44. The van der Waals surface area contributed by atoms with Gasteiger partial charge in [-0.3, -0.25) is 0 Å². The highest BCUT2D eigenvalue weighted by Gasteiger charge is 2.25. The number of rotatable bonds is 10. The molecular weight excluding hydrogens is 188 g/mol. The molecule has 0 aromatic rings. The van der Waals surface area contributed by atoms with Crippen molar-refractivity contribution in [3.8, 4) is 0 Å². The number of unbranched alkanes of at least 4 members (excludes halogenated alkanes) is 5. The molecule has 92 valence electrons. The Labute approximate surface area is 95.3 Å². The molecule has 15 heavy (non-hydrogen) atoms. The first-order chi connectivity index (χ1) is 7.24. The Morgan fingerprint density at radius 3 is 1.80 bits per heavy atom. The van der Waals surface area contributed by atoms with Crippen molar-refractivity contribution in [1.29, 1.82) is 0 Å². The summed E-state index contributed by atoms with van der Waals surface area (Å²) >= 11 is 0. The molecule has 0 aliphatic rings. The first kappa shape index (κ1) is 14.9. The van der Waals surface area contributed by atoms with E-state index in [9.17, 15) is 0 Å². The second-order valence-corrected chi connectivity index (χ2v) is 4.19. The van der Waals surface area contributed by atoms with Gasteiger partial charge >= 0.3 is 0 Å². The Morgan fingerprint density at radius 2 is 1.33 bits per heavy atom. The van der Waals surface area contributed by atoms with Gasteiger partial charge in [-0.05, 0) is 12.8 Å². The fourth-order valence-corrected chi connectivity index (χ4v) is 1.93. The normalized spacial score (nSPS) is 12.0. The van der Waals surface area contributed by atoms with E-state index in [1.807, 2.05) is 0 Å². The van der Waals surface area contributed by atoms with Crippen molar-refractivity contribution in [2.45, 2.75) is 71.0 Å². The van der Waals surface area contributed by atoms with Crippen LogP contribution in [0.25, 0.3) is 0 Å². The summed E-state index contributed by atoms with van der Waals surface area (Å²) in [5, 5.41) is 0. The summed E-state index contributed by atoms with van der Waals surface area (Å²) in [4.78, 5) is 0. The summed E-state index contributed by atoms with van der Waals surface area (Å²) in [7, 11) is 3.48. The van der Waals surface area contributed by atoms with E-state index in [0.29, 0.717) is 0 Å². The van der Waals surface area contributed by atoms with Crippen LogP contribution in [0.1, 0.15) is 65.2 Å². The highest BCUT2D eigenvalue weighted by atomic mass is 16.7. The molecule has 0 heterocycles. The van der Waals surface area contributed by atoms with Gasteiger partial charge in [0.2, 0.25) is 0 Å². The van der Waals surface area contributed by atoms with Crippen LogP contribution in [-0.2, 0) is 9.47 Å². The molecule has 0 amide bonds. The van der Waals surface area contributed by atoms with Gasteiger partial charge in [-0.2, -0.15) is 0 Å². The number of methoxy groups -OCH3 is 2. The van der Waals surface area contributed by atoms with E-state index in [-0.39, 0.29) is 5.79 Å². The van der Waals surface area contributed by atoms with Crippen molar-refractivity contribution < 1.29 is 9.47 Å². The van der Waals surface area contributed by atoms with Crippen molar-refractivity contribution in [3.63, 3.8) is 0 Å². The SMILES string of the molecule is CCCCCCCCC(CC)(OC)OC. The molecule has 2 nitrogen and oxygen atoms in total. The van der Waals surface area contributed by atoms with Gasteiger partial charge in [0.05, 0.1) is 0 Å². The van der Waals surface area contributed by atoms with Crippen molar-refractivity contribution in [2.75, 3.05) is 14.2 Å². The van der Waals surface area contributed by atoms with E-state index >= 15 is 0 Å². The first-order valence-corrected chi connectivity index (χ1v) is 6.35. The molecule has 0 bridgehead atoms. The standard InChI is InChI=1S/C13H28O2/c1-5-7-8-9-10-11-12-13(6-2,14-3)15-4/h5-12H2,1-4H3. The minimum absolute atomic E-state index is 0.329. The zero-order chi connectivity index (χ0) is 11.6. The predicted molar refractivity (Wildman–Crippen MR) is 65.0 cm³/mol. The van der Waals surface area contributed by atoms with Gasteiger partial charge in [-0.25, -0.2) is 0 Å². The largest absolute Gasteiger partial charge is 0.353 e. The minimum atomic E-state index is -0.329. The Bertz CT molecular complexity index is 122. The van der Waals surface area contributed by atoms with Gasteiger partial charge in [-0.1, -0.05) is 46.0 Å². The third-order valence-corrected chi connectivity index (χ3v) is 3.19. The molecule has 0 radical (unpaired) electrons. The smallest absolute Gasteiger partial charge is 0.167 e. The zero-order valence-electron chi connectivity index (χ0n) is 11.0. The first-order valence-electron chi connectivity index (χ1n) is 6.35. The summed E-state index contributed by atoms with van der Waals surface area (Å²) in [5.74, 6) is -0.329. The molecule has 0 unspecified atom stereocenters. The van der Waals surface area contributed by atoms with Crippen molar-refractivity contribution in [3.05, 3.63) is 0 Å². The van der Waals surface area contributed by atoms with Crippen LogP contribution in [0.3, 0.4) is 0 Å². The van der Waals surface area contributed by atoms with E-state index < -0.39 is 0 Å². The second kappa shape index (κ2) is 9.17. The van der Waals surface area contributed by atoms with Crippen LogP contribution >= 0.6 is 0 Å². The molecule has 0 spiro atoms. The van der Waals surface area contributed by atoms with Crippen LogP contribution in [-0.4, -0.2) is 20.0 Å². The molecule has 0 saturated heterocycles. The summed E-state index contributed by atoms with van der Waals surface area (Å²) in [5.41, 5.74) is 0. The van der Waals surface area contributed by atoms with Crippen LogP contribution in [0.4, 0.5) is 0 Å². The van der Waals surface area contributed by atoms with E-state index in [0.717, 1.165) is 12.8 Å². The summed E-state index contributed by atoms with van der Waals surface area (Å²) in [6.45, 7) is 4.36. The van der Waals surface area contributed by atoms with Crippen LogP contribution in [0, 0.1) is 0 Å². The third kappa shape index (κ3) is 6.16. The average molecular weight is 216 g/mol. The fourth-order valence-electron chi connectivity index (χ4n) is 1.93.